The number of carbonyl (C=O) groups is 2. The Morgan fingerprint density at radius 2 is 2.05 bits per heavy atom. The SMILES string of the molecule is O=C(CC1CCOCC1)N1CC(F)(F)C[C@]2(CCNC2=O)C1. The minimum Gasteiger partial charge on any atom is -0.381 e. The van der Waals surface area contributed by atoms with E-state index in [1.165, 1.54) is 4.90 Å². The van der Waals surface area contributed by atoms with Gasteiger partial charge in [0.15, 0.2) is 0 Å². The Labute approximate surface area is 128 Å². The Hall–Kier alpha value is -1.24. The van der Waals surface area contributed by atoms with E-state index >= 15 is 0 Å². The molecule has 3 rings (SSSR count). The molecule has 3 saturated heterocycles. The van der Waals surface area contributed by atoms with E-state index in [1.807, 2.05) is 0 Å². The van der Waals surface area contributed by atoms with Gasteiger partial charge in [-0.25, -0.2) is 8.78 Å². The lowest BCUT2D eigenvalue weighted by Crippen LogP contribution is -2.57. The summed E-state index contributed by atoms with van der Waals surface area (Å²) in [5.41, 5.74) is -1.10. The van der Waals surface area contributed by atoms with Crippen molar-refractivity contribution in [3.8, 4) is 0 Å². The molecule has 0 aliphatic carbocycles. The number of rotatable bonds is 2. The van der Waals surface area contributed by atoms with Gasteiger partial charge in [0, 0.05) is 39.1 Å². The van der Waals surface area contributed by atoms with Crippen molar-refractivity contribution in [1.29, 1.82) is 0 Å². The normalized spacial score (nSPS) is 32.3. The van der Waals surface area contributed by atoms with Crippen LogP contribution in [0.4, 0.5) is 8.78 Å². The number of alkyl halides is 2. The highest BCUT2D eigenvalue weighted by atomic mass is 19.3. The van der Waals surface area contributed by atoms with Crippen molar-refractivity contribution in [3.63, 3.8) is 0 Å². The molecule has 3 fully saturated rings. The van der Waals surface area contributed by atoms with Gasteiger partial charge in [0.1, 0.15) is 0 Å². The molecule has 1 atom stereocenters. The molecule has 124 valence electrons. The fourth-order valence-corrected chi connectivity index (χ4v) is 3.85. The zero-order valence-corrected chi connectivity index (χ0v) is 12.6. The maximum atomic E-state index is 14.1. The smallest absolute Gasteiger partial charge is 0.266 e. The molecule has 0 unspecified atom stereocenters. The van der Waals surface area contributed by atoms with Gasteiger partial charge in [0.2, 0.25) is 11.8 Å². The van der Waals surface area contributed by atoms with Gasteiger partial charge in [-0.2, -0.15) is 0 Å². The lowest BCUT2D eigenvalue weighted by Gasteiger charge is -2.42. The lowest BCUT2D eigenvalue weighted by atomic mass is 9.76. The standard InChI is InChI=1S/C15H22F2N2O3/c16-15(17)8-14(3-4-18-13(14)21)9-19(10-15)12(20)7-11-1-5-22-6-2-11/h11H,1-10H2,(H,18,21)/t14-/m1/s1. The van der Waals surface area contributed by atoms with Crippen LogP contribution in [0.2, 0.25) is 0 Å². The molecule has 0 saturated carbocycles. The van der Waals surface area contributed by atoms with E-state index in [9.17, 15) is 18.4 Å². The van der Waals surface area contributed by atoms with E-state index < -0.39 is 24.3 Å². The van der Waals surface area contributed by atoms with Crippen molar-refractivity contribution in [2.75, 3.05) is 32.8 Å². The molecule has 1 N–H and O–H groups in total. The largest absolute Gasteiger partial charge is 0.381 e. The summed E-state index contributed by atoms with van der Waals surface area (Å²) < 4.78 is 33.4. The van der Waals surface area contributed by atoms with E-state index in [-0.39, 0.29) is 30.7 Å². The number of amides is 2. The third-order valence-corrected chi connectivity index (χ3v) is 5.04. The number of hydrogen-bond acceptors (Lipinski definition) is 3. The van der Waals surface area contributed by atoms with Crippen LogP contribution in [0.5, 0.6) is 0 Å². The lowest BCUT2D eigenvalue weighted by molar-refractivity contribution is -0.161. The van der Waals surface area contributed by atoms with E-state index in [4.69, 9.17) is 4.74 Å². The summed E-state index contributed by atoms with van der Waals surface area (Å²) in [5, 5.41) is 2.63. The van der Waals surface area contributed by atoms with Crippen LogP contribution in [0.25, 0.3) is 0 Å². The molecule has 5 nitrogen and oxygen atoms in total. The highest BCUT2D eigenvalue weighted by Gasteiger charge is 2.55. The van der Waals surface area contributed by atoms with Gasteiger partial charge in [-0.15, -0.1) is 0 Å². The predicted molar refractivity (Wildman–Crippen MR) is 74.4 cm³/mol. The summed E-state index contributed by atoms with van der Waals surface area (Å²) in [6.45, 7) is 1.22. The Balaban J connectivity index is 1.69. The van der Waals surface area contributed by atoms with Crippen LogP contribution >= 0.6 is 0 Å². The minimum atomic E-state index is -2.99. The molecule has 3 aliphatic rings. The Morgan fingerprint density at radius 1 is 1.32 bits per heavy atom. The summed E-state index contributed by atoms with van der Waals surface area (Å²) in [6.07, 6.45) is 1.79. The molecular formula is C15H22F2N2O3. The molecule has 1 spiro atoms. The third-order valence-electron chi connectivity index (χ3n) is 5.04. The van der Waals surface area contributed by atoms with Crippen molar-refractivity contribution in [3.05, 3.63) is 0 Å². The van der Waals surface area contributed by atoms with Crippen molar-refractivity contribution in [2.45, 2.75) is 38.0 Å². The average Bonchev–Trinajstić information content (AvgIpc) is 2.78. The number of ether oxygens (including phenoxy) is 1. The van der Waals surface area contributed by atoms with Crippen LogP contribution in [-0.4, -0.2) is 55.5 Å². The third kappa shape index (κ3) is 3.09. The maximum absolute atomic E-state index is 14.1. The molecular weight excluding hydrogens is 294 g/mol. The molecule has 0 aromatic carbocycles. The van der Waals surface area contributed by atoms with E-state index in [0.717, 1.165) is 12.8 Å². The summed E-state index contributed by atoms with van der Waals surface area (Å²) in [6, 6.07) is 0. The van der Waals surface area contributed by atoms with Gasteiger partial charge in [-0.05, 0) is 25.2 Å². The van der Waals surface area contributed by atoms with Crippen molar-refractivity contribution in [1.82, 2.24) is 10.2 Å². The average molecular weight is 316 g/mol. The topological polar surface area (TPSA) is 58.6 Å². The van der Waals surface area contributed by atoms with Crippen molar-refractivity contribution < 1.29 is 23.1 Å². The quantitative estimate of drug-likeness (QED) is 0.832. The second kappa shape index (κ2) is 5.76. The number of likely N-dealkylation sites (tertiary alicyclic amines) is 1. The molecule has 3 heterocycles. The Bertz CT molecular complexity index is 466. The molecule has 3 aliphatic heterocycles. The first-order chi connectivity index (χ1) is 10.4. The number of piperidine rings is 1. The second-order valence-electron chi connectivity index (χ2n) is 6.83. The van der Waals surface area contributed by atoms with Crippen molar-refractivity contribution in [2.24, 2.45) is 11.3 Å². The first kappa shape index (κ1) is 15.6. The van der Waals surface area contributed by atoms with Gasteiger partial charge in [-0.3, -0.25) is 9.59 Å². The van der Waals surface area contributed by atoms with Crippen molar-refractivity contribution >= 4 is 11.8 Å². The minimum absolute atomic E-state index is 0.122. The molecule has 0 bridgehead atoms. The highest BCUT2D eigenvalue weighted by Crippen LogP contribution is 2.43. The van der Waals surface area contributed by atoms with Gasteiger partial charge >= 0.3 is 0 Å². The highest BCUT2D eigenvalue weighted by molar-refractivity contribution is 5.86. The maximum Gasteiger partial charge on any atom is 0.266 e. The number of hydrogen-bond donors (Lipinski definition) is 1. The van der Waals surface area contributed by atoms with Gasteiger partial charge < -0.3 is 15.0 Å². The van der Waals surface area contributed by atoms with Crippen LogP contribution in [0.3, 0.4) is 0 Å². The monoisotopic (exact) mass is 316 g/mol. The van der Waals surface area contributed by atoms with Gasteiger partial charge in [0.05, 0.1) is 12.0 Å². The van der Waals surface area contributed by atoms with E-state index in [2.05, 4.69) is 5.32 Å². The van der Waals surface area contributed by atoms with Gasteiger partial charge in [-0.1, -0.05) is 0 Å². The first-order valence-corrected chi connectivity index (χ1v) is 7.92. The predicted octanol–water partition coefficient (Wildman–Crippen LogP) is 1.18. The first-order valence-electron chi connectivity index (χ1n) is 7.92. The van der Waals surface area contributed by atoms with Crippen LogP contribution < -0.4 is 5.32 Å². The molecule has 2 amide bonds. The molecule has 0 aromatic rings. The zero-order chi connectivity index (χ0) is 15.8. The van der Waals surface area contributed by atoms with Crippen LogP contribution in [0, 0.1) is 11.3 Å². The van der Waals surface area contributed by atoms with E-state index in [0.29, 0.717) is 26.2 Å². The molecule has 22 heavy (non-hydrogen) atoms. The molecule has 0 radical (unpaired) electrons. The summed E-state index contributed by atoms with van der Waals surface area (Å²) >= 11 is 0. The zero-order valence-electron chi connectivity index (χ0n) is 12.6. The number of carbonyl (C=O) groups excluding carboxylic acids is 2. The number of nitrogens with one attached hydrogen (secondary N) is 1. The summed E-state index contributed by atoms with van der Waals surface area (Å²) in [4.78, 5) is 25.6. The van der Waals surface area contributed by atoms with Gasteiger partial charge in [0.25, 0.3) is 5.92 Å². The summed E-state index contributed by atoms with van der Waals surface area (Å²) in [5.74, 6) is -3.39. The Morgan fingerprint density at radius 3 is 2.68 bits per heavy atom. The fourth-order valence-electron chi connectivity index (χ4n) is 3.85. The second-order valence-corrected chi connectivity index (χ2v) is 6.83. The van der Waals surface area contributed by atoms with Crippen LogP contribution in [0.1, 0.15) is 32.1 Å². The molecule has 0 aromatic heterocycles. The Kier molecular flexibility index (Phi) is 4.09. The number of halogens is 2. The van der Waals surface area contributed by atoms with E-state index in [1.54, 1.807) is 0 Å². The van der Waals surface area contributed by atoms with Crippen LogP contribution in [-0.2, 0) is 14.3 Å². The number of nitrogens with zero attached hydrogens (tertiary/aromatic N) is 1. The summed E-state index contributed by atoms with van der Waals surface area (Å²) in [7, 11) is 0. The van der Waals surface area contributed by atoms with Crippen LogP contribution in [0.15, 0.2) is 0 Å². The molecule has 7 heteroatoms. The fraction of sp³-hybridized carbons (Fsp3) is 0.867.